The Labute approximate surface area is 237 Å². The number of anilines is 2. The van der Waals surface area contributed by atoms with E-state index in [9.17, 15) is 9.90 Å². The molecule has 2 aromatic rings. The Morgan fingerprint density at radius 2 is 1.95 bits per heavy atom. The van der Waals surface area contributed by atoms with E-state index in [-0.39, 0.29) is 36.5 Å². The van der Waals surface area contributed by atoms with E-state index in [1.807, 2.05) is 24.0 Å². The quantitative estimate of drug-likeness (QED) is 0.524. The summed E-state index contributed by atoms with van der Waals surface area (Å²) < 4.78 is 5.84. The second-order valence-electron chi connectivity index (χ2n) is 10.3. The second-order valence-corrected chi connectivity index (χ2v) is 11.7. The molecule has 0 bridgehead atoms. The number of amides is 1. The van der Waals surface area contributed by atoms with Crippen LogP contribution in [0.4, 0.5) is 11.6 Å². The van der Waals surface area contributed by atoms with Crippen LogP contribution < -0.4 is 15.5 Å². The molecule has 0 radical (unpaired) electrons. The SMILES string of the molecule is C[C@@H]1OCC2(CCN(c3ncc(Sc4ccnc(N5CCN(C(=O)CC#N)CC5)c4Cl)nc3CO)CC2)[C@@H]1N. The van der Waals surface area contributed by atoms with Gasteiger partial charge in [0.25, 0.3) is 0 Å². The van der Waals surface area contributed by atoms with E-state index in [2.05, 4.69) is 9.88 Å². The molecule has 0 aliphatic carbocycles. The number of piperazine rings is 1. The molecule has 3 aliphatic heterocycles. The van der Waals surface area contributed by atoms with Gasteiger partial charge in [0.1, 0.15) is 23.0 Å². The molecule has 2 aromatic heterocycles. The standard InChI is InChI=1S/C26H33ClN8O3S/c1-17-23(29)26(16-38-17)4-8-34(9-5-26)24-18(15-36)32-20(14-31-24)39-19-3-7-30-25(22(19)27)35-12-10-33(11-13-35)21(37)2-6-28/h3,7,14,17,23,36H,2,4-5,8-13,15-16,29H2,1H3/t17-,23+/m0/s1. The van der Waals surface area contributed by atoms with Crippen LogP contribution in [0.2, 0.25) is 5.02 Å². The number of halogens is 1. The van der Waals surface area contributed by atoms with Crippen molar-refractivity contribution in [3.63, 3.8) is 0 Å². The van der Waals surface area contributed by atoms with Crippen LogP contribution in [0.15, 0.2) is 28.4 Å². The predicted molar refractivity (Wildman–Crippen MR) is 148 cm³/mol. The van der Waals surface area contributed by atoms with Crippen molar-refractivity contribution < 1.29 is 14.6 Å². The Morgan fingerprint density at radius 1 is 1.23 bits per heavy atom. The van der Waals surface area contributed by atoms with Crippen molar-refractivity contribution in [1.29, 1.82) is 5.26 Å². The first-order chi connectivity index (χ1) is 18.8. The molecule has 0 unspecified atom stereocenters. The minimum absolute atomic E-state index is 0.00707. The fraction of sp³-hybridized carbons (Fsp3) is 0.577. The topological polar surface area (TPSA) is 145 Å². The molecule has 3 N–H and O–H groups in total. The first-order valence-corrected chi connectivity index (χ1v) is 14.4. The minimum Gasteiger partial charge on any atom is -0.390 e. The average Bonchev–Trinajstić information content (AvgIpc) is 3.23. The number of aliphatic hydroxyl groups excluding tert-OH is 1. The van der Waals surface area contributed by atoms with Crippen molar-refractivity contribution in [3.8, 4) is 6.07 Å². The van der Waals surface area contributed by atoms with Crippen molar-refractivity contribution in [3.05, 3.63) is 29.2 Å². The molecule has 11 nitrogen and oxygen atoms in total. The molecule has 3 fully saturated rings. The normalized spacial score (nSPS) is 22.8. The van der Waals surface area contributed by atoms with Crippen molar-refractivity contribution in [1.82, 2.24) is 19.9 Å². The number of carbonyl (C=O) groups excluding carboxylic acids is 1. The third kappa shape index (κ3) is 5.64. The minimum atomic E-state index is -0.220. The van der Waals surface area contributed by atoms with Crippen LogP contribution >= 0.6 is 23.4 Å². The van der Waals surface area contributed by atoms with Crippen LogP contribution in [0, 0.1) is 16.7 Å². The molecule has 0 saturated carbocycles. The van der Waals surface area contributed by atoms with E-state index >= 15 is 0 Å². The summed E-state index contributed by atoms with van der Waals surface area (Å²) in [5.74, 6) is 1.19. The van der Waals surface area contributed by atoms with E-state index in [1.54, 1.807) is 17.3 Å². The molecule has 13 heteroatoms. The number of hydrogen-bond acceptors (Lipinski definition) is 11. The van der Waals surface area contributed by atoms with Crippen molar-refractivity contribution >= 4 is 40.9 Å². The Balaban J connectivity index is 1.25. The number of nitrogens with zero attached hydrogens (tertiary/aromatic N) is 7. The van der Waals surface area contributed by atoms with E-state index in [0.29, 0.717) is 60.2 Å². The van der Waals surface area contributed by atoms with Crippen LogP contribution in [0.1, 0.15) is 31.9 Å². The van der Waals surface area contributed by atoms with Crippen LogP contribution in [0.5, 0.6) is 0 Å². The van der Waals surface area contributed by atoms with Gasteiger partial charge in [0.15, 0.2) is 5.82 Å². The summed E-state index contributed by atoms with van der Waals surface area (Å²) in [4.78, 5) is 32.6. The van der Waals surface area contributed by atoms with Crippen LogP contribution in [-0.2, 0) is 16.1 Å². The summed E-state index contributed by atoms with van der Waals surface area (Å²) >= 11 is 8.14. The molecule has 208 valence electrons. The lowest BCUT2D eigenvalue weighted by atomic mass is 9.73. The maximum Gasteiger partial charge on any atom is 0.236 e. The Kier molecular flexibility index (Phi) is 8.44. The summed E-state index contributed by atoms with van der Waals surface area (Å²) in [5, 5.41) is 20.0. The van der Waals surface area contributed by atoms with Gasteiger partial charge in [-0.2, -0.15) is 5.26 Å². The monoisotopic (exact) mass is 572 g/mol. The van der Waals surface area contributed by atoms with Gasteiger partial charge in [0.2, 0.25) is 5.91 Å². The first-order valence-electron chi connectivity index (χ1n) is 13.2. The lowest BCUT2D eigenvalue weighted by Crippen LogP contribution is -2.51. The van der Waals surface area contributed by atoms with Crippen molar-refractivity contribution in [2.24, 2.45) is 11.1 Å². The highest BCUT2D eigenvalue weighted by Crippen LogP contribution is 2.42. The summed E-state index contributed by atoms with van der Waals surface area (Å²) in [6, 6.07) is 3.77. The number of hydrogen-bond donors (Lipinski definition) is 2. The van der Waals surface area contributed by atoms with E-state index in [4.69, 9.17) is 37.3 Å². The lowest BCUT2D eigenvalue weighted by molar-refractivity contribution is -0.130. The fourth-order valence-corrected chi connectivity index (χ4v) is 6.78. The first kappa shape index (κ1) is 27.9. The van der Waals surface area contributed by atoms with Gasteiger partial charge in [-0.25, -0.2) is 15.0 Å². The molecule has 39 heavy (non-hydrogen) atoms. The van der Waals surface area contributed by atoms with Gasteiger partial charge in [0.05, 0.1) is 36.6 Å². The molecular weight excluding hydrogens is 540 g/mol. The van der Waals surface area contributed by atoms with Crippen LogP contribution in [0.25, 0.3) is 0 Å². The molecule has 0 aromatic carbocycles. The number of rotatable bonds is 6. The molecule has 5 rings (SSSR count). The highest BCUT2D eigenvalue weighted by Gasteiger charge is 2.47. The maximum atomic E-state index is 12.0. The van der Waals surface area contributed by atoms with Gasteiger partial charge in [0, 0.05) is 61.8 Å². The third-order valence-corrected chi connectivity index (χ3v) is 9.52. The number of pyridine rings is 1. The summed E-state index contributed by atoms with van der Waals surface area (Å²) in [5.41, 5.74) is 7.00. The van der Waals surface area contributed by atoms with Gasteiger partial charge < -0.3 is 30.3 Å². The number of carbonyl (C=O) groups is 1. The molecule has 1 spiro atoms. The zero-order chi connectivity index (χ0) is 27.6. The second kappa shape index (κ2) is 11.8. The van der Waals surface area contributed by atoms with E-state index in [0.717, 1.165) is 30.8 Å². The van der Waals surface area contributed by atoms with Crippen molar-refractivity contribution in [2.45, 2.75) is 54.9 Å². The summed E-state index contributed by atoms with van der Waals surface area (Å²) in [7, 11) is 0. The van der Waals surface area contributed by atoms with Gasteiger partial charge in [-0.3, -0.25) is 4.79 Å². The number of ether oxygens (including phenoxy) is 1. The van der Waals surface area contributed by atoms with E-state index in [1.165, 1.54) is 11.8 Å². The lowest BCUT2D eigenvalue weighted by Gasteiger charge is -2.41. The zero-order valence-electron chi connectivity index (χ0n) is 21.9. The number of aromatic nitrogens is 3. The maximum absolute atomic E-state index is 12.0. The number of aliphatic hydroxyl groups is 1. The fourth-order valence-electron chi connectivity index (χ4n) is 5.63. The van der Waals surface area contributed by atoms with Gasteiger partial charge in [-0.1, -0.05) is 23.4 Å². The Hall–Kier alpha value is -2.69. The molecule has 3 saturated heterocycles. The highest BCUT2D eigenvalue weighted by molar-refractivity contribution is 7.99. The van der Waals surface area contributed by atoms with Crippen molar-refractivity contribution in [2.75, 3.05) is 55.7 Å². The molecule has 1 amide bonds. The van der Waals surface area contributed by atoms with Gasteiger partial charge in [-0.05, 0) is 25.8 Å². The molecular formula is C26H33ClN8O3S. The van der Waals surface area contributed by atoms with Crippen LogP contribution in [0.3, 0.4) is 0 Å². The highest BCUT2D eigenvalue weighted by atomic mass is 35.5. The third-order valence-electron chi connectivity index (χ3n) is 8.07. The smallest absolute Gasteiger partial charge is 0.236 e. The Bertz CT molecular complexity index is 1240. The van der Waals surface area contributed by atoms with Gasteiger partial charge in [-0.15, -0.1) is 0 Å². The zero-order valence-corrected chi connectivity index (χ0v) is 23.5. The average molecular weight is 573 g/mol. The summed E-state index contributed by atoms with van der Waals surface area (Å²) in [6.07, 6.45) is 5.21. The summed E-state index contributed by atoms with van der Waals surface area (Å²) in [6.45, 7) is 6.26. The van der Waals surface area contributed by atoms with Gasteiger partial charge >= 0.3 is 0 Å². The molecule has 5 heterocycles. The number of nitriles is 1. The molecule has 2 atom stereocenters. The predicted octanol–water partition coefficient (Wildman–Crippen LogP) is 2.06. The molecule has 3 aliphatic rings. The van der Waals surface area contributed by atoms with Crippen LogP contribution in [-0.4, -0.2) is 88.9 Å². The van der Waals surface area contributed by atoms with E-state index < -0.39 is 0 Å². The number of nitrogens with two attached hydrogens (primary N) is 1. The largest absolute Gasteiger partial charge is 0.390 e. The Morgan fingerprint density at radius 3 is 2.59 bits per heavy atom. The number of piperidine rings is 1.